The predicted octanol–water partition coefficient (Wildman–Crippen LogP) is 3.50. The van der Waals surface area contributed by atoms with Crippen molar-refractivity contribution < 1.29 is 9.13 Å². The van der Waals surface area contributed by atoms with E-state index >= 15 is 0 Å². The molecule has 2 heterocycles. The average Bonchev–Trinajstić information content (AvgIpc) is 2.67. The largest absolute Gasteiger partial charge is 0.476 e. The number of benzene rings is 1. The highest BCUT2D eigenvalue weighted by atomic mass is 35.5. The fraction of sp³-hybridized carbons (Fsp3) is 0.316. The smallest absolute Gasteiger partial charge is 0.238 e. The van der Waals surface area contributed by atoms with Crippen LogP contribution in [-0.4, -0.2) is 34.6 Å². The predicted molar refractivity (Wildman–Crippen MR) is 112 cm³/mol. The fourth-order valence-corrected chi connectivity index (χ4v) is 3.45. The van der Waals surface area contributed by atoms with Gasteiger partial charge in [-0.2, -0.15) is 11.8 Å². The normalized spacial score (nSPS) is 18.8. The molecule has 0 fully saturated rings. The summed E-state index contributed by atoms with van der Waals surface area (Å²) in [6.45, 7) is 0.469. The lowest BCUT2D eigenvalue weighted by molar-refractivity contribution is 0.293. The van der Waals surface area contributed by atoms with Gasteiger partial charge in [-0.15, -0.1) is 10.2 Å². The van der Waals surface area contributed by atoms with Crippen LogP contribution < -0.4 is 16.2 Å². The van der Waals surface area contributed by atoms with E-state index in [1.54, 1.807) is 30.1 Å². The summed E-state index contributed by atoms with van der Waals surface area (Å²) in [5, 5.41) is 8.72. The van der Waals surface area contributed by atoms with Crippen molar-refractivity contribution >= 4 is 29.2 Å². The first-order chi connectivity index (χ1) is 13.4. The Hall–Kier alpha value is -2.16. The molecule has 9 heteroatoms. The molecule has 1 aliphatic heterocycles. The first kappa shape index (κ1) is 20.6. The van der Waals surface area contributed by atoms with Gasteiger partial charge in [-0.25, -0.2) is 9.38 Å². The molecule has 1 aromatic heterocycles. The lowest BCUT2D eigenvalue weighted by Crippen LogP contribution is -2.41. The fourth-order valence-electron chi connectivity index (χ4n) is 2.87. The van der Waals surface area contributed by atoms with Crippen LogP contribution in [0.3, 0.4) is 0 Å². The number of amidine groups is 1. The zero-order valence-electron chi connectivity index (χ0n) is 15.4. The minimum atomic E-state index is -0.986. The number of thioether (sulfide) groups is 1. The van der Waals surface area contributed by atoms with Crippen molar-refractivity contribution in [1.29, 1.82) is 0 Å². The number of rotatable bonds is 7. The summed E-state index contributed by atoms with van der Waals surface area (Å²) in [6, 6.07) is 5.94. The number of nitrogens with two attached hydrogens (primary N) is 2. The monoisotopic (exact) mass is 421 g/mol. The molecule has 0 aliphatic carbocycles. The quantitative estimate of drug-likeness (QED) is 0.664. The van der Waals surface area contributed by atoms with E-state index in [0.717, 1.165) is 12.2 Å². The molecule has 1 aliphatic rings. The van der Waals surface area contributed by atoms with Gasteiger partial charge in [0.1, 0.15) is 11.7 Å². The highest BCUT2D eigenvalue weighted by Crippen LogP contribution is 2.35. The second-order valence-electron chi connectivity index (χ2n) is 6.42. The second-order valence-corrected chi connectivity index (χ2v) is 7.84. The number of hydrogen-bond acceptors (Lipinski definition) is 7. The van der Waals surface area contributed by atoms with Crippen molar-refractivity contribution in [2.75, 3.05) is 18.6 Å². The van der Waals surface area contributed by atoms with Gasteiger partial charge in [-0.1, -0.05) is 11.6 Å². The Morgan fingerprint density at radius 2 is 2.14 bits per heavy atom. The minimum Gasteiger partial charge on any atom is -0.476 e. The van der Waals surface area contributed by atoms with E-state index in [1.165, 1.54) is 18.2 Å². The minimum absolute atomic E-state index is 0.236. The van der Waals surface area contributed by atoms with Gasteiger partial charge in [-0.3, -0.25) is 0 Å². The molecule has 4 N–H and O–H groups in total. The van der Waals surface area contributed by atoms with Crippen LogP contribution in [0.1, 0.15) is 18.4 Å². The maximum Gasteiger partial charge on any atom is 0.238 e. The molecule has 6 nitrogen and oxygen atoms in total. The molecule has 1 atom stereocenters. The topological polar surface area (TPSA) is 99.4 Å². The van der Waals surface area contributed by atoms with Crippen LogP contribution in [-0.2, 0) is 5.54 Å². The molecule has 1 aromatic carbocycles. The Kier molecular flexibility index (Phi) is 6.53. The van der Waals surface area contributed by atoms with E-state index in [2.05, 4.69) is 15.2 Å². The summed E-state index contributed by atoms with van der Waals surface area (Å²) in [6.07, 6.45) is 6.45. The maximum absolute atomic E-state index is 14.3. The third kappa shape index (κ3) is 4.63. The van der Waals surface area contributed by atoms with E-state index in [1.807, 2.05) is 6.26 Å². The van der Waals surface area contributed by atoms with Crippen LogP contribution in [0.5, 0.6) is 5.88 Å². The standard InChI is InChI=1S/C19H21ClFN5OS/c1-28-8-2-7-27-18-14(19(23)5-6-24-17(22)11-19)10-16(25-26-18)13-9-12(20)3-4-15(13)21/h3-6,9-10H,2,7-8,11,23H2,1H3,(H2,22,24). The summed E-state index contributed by atoms with van der Waals surface area (Å²) in [5.74, 6) is 1.20. The lowest BCUT2D eigenvalue weighted by Gasteiger charge is -2.29. The molecule has 148 valence electrons. The molecular weight excluding hydrogens is 401 g/mol. The number of ether oxygens (including phenoxy) is 1. The van der Waals surface area contributed by atoms with Gasteiger partial charge in [0.2, 0.25) is 5.88 Å². The van der Waals surface area contributed by atoms with Crippen LogP contribution in [0, 0.1) is 5.82 Å². The SMILES string of the molecule is CSCCCOc1nnc(-c2cc(Cl)ccc2F)cc1C1(N)C=CN=C(N)C1. The van der Waals surface area contributed by atoms with Gasteiger partial charge in [-0.05, 0) is 48.8 Å². The van der Waals surface area contributed by atoms with Gasteiger partial charge < -0.3 is 16.2 Å². The molecule has 3 rings (SSSR count). The van der Waals surface area contributed by atoms with E-state index in [0.29, 0.717) is 34.6 Å². The molecule has 0 spiro atoms. The molecule has 0 bridgehead atoms. The molecule has 0 amide bonds. The van der Waals surface area contributed by atoms with Crippen molar-refractivity contribution in [3.8, 4) is 17.1 Å². The van der Waals surface area contributed by atoms with E-state index in [9.17, 15) is 4.39 Å². The number of aliphatic imine (C=N–C) groups is 1. The maximum atomic E-state index is 14.3. The Labute approximate surface area is 172 Å². The Balaban J connectivity index is 2.03. The number of halogens is 2. The molecule has 0 saturated heterocycles. The van der Waals surface area contributed by atoms with Gasteiger partial charge in [0.25, 0.3) is 0 Å². The van der Waals surface area contributed by atoms with Crippen molar-refractivity contribution in [3.05, 3.63) is 52.9 Å². The lowest BCUT2D eigenvalue weighted by atomic mass is 9.86. The van der Waals surface area contributed by atoms with E-state index < -0.39 is 11.4 Å². The van der Waals surface area contributed by atoms with E-state index in [-0.39, 0.29) is 12.0 Å². The van der Waals surface area contributed by atoms with Crippen LogP contribution in [0.4, 0.5) is 4.39 Å². The summed E-state index contributed by atoms with van der Waals surface area (Å²) < 4.78 is 20.2. The Bertz CT molecular complexity index is 923. The van der Waals surface area contributed by atoms with Crippen LogP contribution in [0.15, 0.2) is 41.5 Å². The zero-order chi connectivity index (χ0) is 20.1. The van der Waals surface area contributed by atoms with Crippen LogP contribution in [0.25, 0.3) is 11.3 Å². The molecular formula is C19H21ClFN5OS. The zero-order valence-corrected chi connectivity index (χ0v) is 16.9. The van der Waals surface area contributed by atoms with Crippen LogP contribution in [0.2, 0.25) is 5.02 Å². The van der Waals surface area contributed by atoms with Gasteiger partial charge in [0.05, 0.1) is 17.8 Å². The number of aromatic nitrogens is 2. The Morgan fingerprint density at radius 1 is 1.32 bits per heavy atom. The van der Waals surface area contributed by atoms with Crippen LogP contribution >= 0.6 is 23.4 Å². The Morgan fingerprint density at radius 3 is 2.89 bits per heavy atom. The van der Waals surface area contributed by atoms with Crippen molar-refractivity contribution in [1.82, 2.24) is 10.2 Å². The highest BCUT2D eigenvalue weighted by Gasteiger charge is 2.33. The molecule has 1 unspecified atom stereocenters. The van der Waals surface area contributed by atoms with Gasteiger partial charge in [0.15, 0.2) is 0 Å². The number of hydrogen-bond donors (Lipinski definition) is 2. The summed E-state index contributed by atoms with van der Waals surface area (Å²) in [7, 11) is 0. The molecule has 0 saturated carbocycles. The number of nitrogens with zero attached hydrogens (tertiary/aromatic N) is 3. The van der Waals surface area contributed by atoms with Gasteiger partial charge in [0, 0.05) is 28.8 Å². The van der Waals surface area contributed by atoms with E-state index in [4.69, 9.17) is 27.8 Å². The van der Waals surface area contributed by atoms with Crippen molar-refractivity contribution in [2.45, 2.75) is 18.4 Å². The third-order valence-corrected chi connectivity index (χ3v) is 5.22. The summed E-state index contributed by atoms with van der Waals surface area (Å²) in [5.41, 5.74) is 12.6. The molecule has 0 radical (unpaired) electrons. The third-order valence-electron chi connectivity index (χ3n) is 4.28. The summed E-state index contributed by atoms with van der Waals surface area (Å²) >= 11 is 7.75. The summed E-state index contributed by atoms with van der Waals surface area (Å²) in [4.78, 5) is 4.05. The van der Waals surface area contributed by atoms with Crippen molar-refractivity contribution in [2.24, 2.45) is 16.5 Å². The average molecular weight is 422 g/mol. The second kappa shape index (κ2) is 8.89. The molecule has 28 heavy (non-hydrogen) atoms. The first-order valence-electron chi connectivity index (χ1n) is 8.67. The first-order valence-corrected chi connectivity index (χ1v) is 10.4. The van der Waals surface area contributed by atoms with Gasteiger partial charge >= 0.3 is 0 Å². The highest BCUT2D eigenvalue weighted by molar-refractivity contribution is 7.98. The molecule has 2 aromatic rings. The van der Waals surface area contributed by atoms with Crippen molar-refractivity contribution in [3.63, 3.8) is 0 Å².